The van der Waals surface area contributed by atoms with E-state index in [4.69, 9.17) is 4.74 Å². The lowest BCUT2D eigenvalue weighted by molar-refractivity contribution is -0.142. The zero-order valence-corrected chi connectivity index (χ0v) is 23.9. The van der Waals surface area contributed by atoms with E-state index in [2.05, 4.69) is 20.9 Å². The van der Waals surface area contributed by atoms with Crippen molar-refractivity contribution in [3.63, 3.8) is 0 Å². The molecule has 5 aliphatic heterocycles. The van der Waals surface area contributed by atoms with Gasteiger partial charge in [0.15, 0.2) is 0 Å². The van der Waals surface area contributed by atoms with E-state index in [0.717, 1.165) is 25.9 Å². The molecule has 6 rings (SSSR count). The summed E-state index contributed by atoms with van der Waals surface area (Å²) in [5, 5.41) is 30.3. The Morgan fingerprint density at radius 1 is 0.953 bits per heavy atom. The third kappa shape index (κ3) is 6.11. The van der Waals surface area contributed by atoms with Crippen LogP contribution in [0.5, 0.6) is 0 Å². The van der Waals surface area contributed by atoms with Gasteiger partial charge in [0.1, 0.15) is 30.2 Å². The van der Waals surface area contributed by atoms with E-state index in [0.29, 0.717) is 13.0 Å². The molecule has 0 spiro atoms. The van der Waals surface area contributed by atoms with Crippen LogP contribution in [0.25, 0.3) is 0 Å². The van der Waals surface area contributed by atoms with E-state index in [1.54, 1.807) is 4.90 Å². The topological polar surface area (TPSA) is 164 Å². The Morgan fingerprint density at radius 2 is 1.67 bits per heavy atom. The van der Waals surface area contributed by atoms with Crippen LogP contribution in [-0.4, -0.2) is 143 Å². The van der Waals surface area contributed by atoms with Gasteiger partial charge in [-0.2, -0.15) is 0 Å². The smallest absolute Gasteiger partial charge is 0.254 e. The maximum atomic E-state index is 14.1. The van der Waals surface area contributed by atoms with E-state index in [9.17, 15) is 33.8 Å². The number of aliphatic hydroxyl groups is 2. The number of carbonyl (C=O) groups is 4. The number of hydrogen-bond acceptors (Lipinski definition) is 9. The highest BCUT2D eigenvalue weighted by Gasteiger charge is 2.48. The molecule has 5 saturated heterocycles. The van der Waals surface area contributed by atoms with Gasteiger partial charge in [0.2, 0.25) is 17.7 Å². The molecule has 13 nitrogen and oxygen atoms in total. The number of benzene rings is 1. The molecule has 0 aromatic heterocycles. The first-order chi connectivity index (χ1) is 20.7. The van der Waals surface area contributed by atoms with E-state index in [1.165, 1.54) is 29.2 Å². The average molecular weight is 603 g/mol. The van der Waals surface area contributed by atoms with Crippen molar-refractivity contribution in [3.8, 4) is 0 Å². The van der Waals surface area contributed by atoms with Crippen LogP contribution in [-0.2, 0) is 19.1 Å². The van der Waals surface area contributed by atoms with E-state index in [1.807, 2.05) is 0 Å². The summed E-state index contributed by atoms with van der Waals surface area (Å²) in [6, 6.07) is 3.36. The predicted octanol–water partition coefficient (Wildman–Crippen LogP) is -2.20. The highest BCUT2D eigenvalue weighted by atomic mass is 19.1. The van der Waals surface area contributed by atoms with Gasteiger partial charge in [-0.1, -0.05) is 0 Å². The second-order valence-corrected chi connectivity index (χ2v) is 12.1. The maximum Gasteiger partial charge on any atom is 0.254 e. The number of piperazine rings is 1. The summed E-state index contributed by atoms with van der Waals surface area (Å²) in [6.45, 7) is 2.21. The Morgan fingerprint density at radius 3 is 2.42 bits per heavy atom. The molecule has 43 heavy (non-hydrogen) atoms. The number of amides is 4. The van der Waals surface area contributed by atoms with Crippen LogP contribution in [0.2, 0.25) is 0 Å². The zero-order valence-electron chi connectivity index (χ0n) is 23.9. The predicted molar refractivity (Wildman–Crippen MR) is 149 cm³/mol. The highest BCUT2D eigenvalue weighted by molar-refractivity contribution is 5.98. The number of nitrogens with one attached hydrogen (secondary N) is 3. The lowest BCUT2D eigenvalue weighted by Gasteiger charge is -2.43. The van der Waals surface area contributed by atoms with Crippen molar-refractivity contribution >= 4 is 23.6 Å². The fourth-order valence-corrected chi connectivity index (χ4v) is 7.12. The van der Waals surface area contributed by atoms with Crippen LogP contribution in [0.3, 0.4) is 0 Å². The van der Waals surface area contributed by atoms with Crippen LogP contribution in [0.4, 0.5) is 4.39 Å². The molecule has 7 atom stereocenters. The molecule has 5 aliphatic rings. The number of halogens is 1. The summed E-state index contributed by atoms with van der Waals surface area (Å²) in [7, 11) is 0. The van der Waals surface area contributed by atoms with Gasteiger partial charge in [0, 0.05) is 43.8 Å². The van der Waals surface area contributed by atoms with Gasteiger partial charge in [-0.05, 0) is 56.6 Å². The monoisotopic (exact) mass is 602 g/mol. The molecule has 1 aromatic carbocycles. The Bertz CT molecular complexity index is 1230. The highest BCUT2D eigenvalue weighted by Crippen LogP contribution is 2.29. The molecule has 0 aliphatic carbocycles. The summed E-state index contributed by atoms with van der Waals surface area (Å²) in [5.41, 5.74) is 0.216. The summed E-state index contributed by atoms with van der Waals surface area (Å²) in [5.74, 6) is -2.00. The van der Waals surface area contributed by atoms with Crippen molar-refractivity contribution in [1.29, 1.82) is 0 Å². The Kier molecular flexibility index (Phi) is 8.65. The molecule has 5 heterocycles. The van der Waals surface area contributed by atoms with Gasteiger partial charge in [0.25, 0.3) is 5.91 Å². The molecule has 1 aromatic rings. The number of hydrogen-bond donors (Lipinski definition) is 5. The first-order valence-electron chi connectivity index (χ1n) is 15.1. The molecule has 4 amide bonds. The number of nitrogens with zero attached hydrogens (tertiary/aromatic N) is 3. The van der Waals surface area contributed by atoms with Gasteiger partial charge >= 0.3 is 0 Å². The van der Waals surface area contributed by atoms with Crippen molar-refractivity contribution in [2.45, 2.75) is 74.3 Å². The second kappa shape index (κ2) is 12.4. The Balaban J connectivity index is 1.29. The largest absolute Gasteiger partial charge is 0.388 e. The minimum absolute atomic E-state index is 0.0511. The van der Waals surface area contributed by atoms with Crippen molar-refractivity contribution in [2.75, 3.05) is 45.8 Å². The average Bonchev–Trinajstić information content (AvgIpc) is 3.55. The Labute approximate surface area is 248 Å². The lowest BCUT2D eigenvalue weighted by atomic mass is 10.0. The summed E-state index contributed by atoms with van der Waals surface area (Å²) < 4.78 is 19.4. The van der Waals surface area contributed by atoms with Crippen molar-refractivity contribution in [1.82, 2.24) is 30.7 Å². The summed E-state index contributed by atoms with van der Waals surface area (Å²) in [6.07, 6.45) is -2.67. The number of aliphatic hydroxyl groups excluding tert-OH is 2. The SMILES string of the molecule is O=C1C[C@@H]2O[C@H](CNC(=O)[C@@H]3CN(CCN3C(=O)c3ccc(F)cc3)C(=O)[C@@H]3C[C@@H](CN3C3CCNCC3)N1)[C@@H](O)[C@H]2O. The molecular formula is C29H39FN6O7. The number of fused-ring (bicyclic) bond motifs is 6. The van der Waals surface area contributed by atoms with Gasteiger partial charge in [0.05, 0.1) is 25.1 Å². The summed E-state index contributed by atoms with van der Waals surface area (Å²) in [4.78, 5) is 59.4. The van der Waals surface area contributed by atoms with Crippen molar-refractivity contribution in [2.24, 2.45) is 0 Å². The van der Waals surface area contributed by atoms with Crippen molar-refractivity contribution in [3.05, 3.63) is 35.6 Å². The molecule has 6 bridgehead atoms. The minimum Gasteiger partial charge on any atom is -0.388 e. The minimum atomic E-state index is -1.33. The molecule has 5 N–H and O–H groups in total. The zero-order chi connectivity index (χ0) is 30.2. The fourth-order valence-electron chi connectivity index (χ4n) is 7.12. The first-order valence-corrected chi connectivity index (χ1v) is 15.1. The van der Waals surface area contributed by atoms with Gasteiger partial charge in [-0.25, -0.2) is 4.39 Å². The maximum absolute atomic E-state index is 14.1. The van der Waals surface area contributed by atoms with Crippen LogP contribution in [0, 0.1) is 5.82 Å². The van der Waals surface area contributed by atoms with Crippen LogP contribution in [0.15, 0.2) is 24.3 Å². The van der Waals surface area contributed by atoms with Crippen LogP contribution in [0.1, 0.15) is 36.0 Å². The molecule has 234 valence electrons. The Hall–Kier alpha value is -3.17. The van der Waals surface area contributed by atoms with Gasteiger partial charge < -0.3 is 40.7 Å². The van der Waals surface area contributed by atoms with E-state index >= 15 is 0 Å². The lowest BCUT2D eigenvalue weighted by Crippen LogP contribution is -2.64. The molecule has 5 fully saturated rings. The van der Waals surface area contributed by atoms with Crippen molar-refractivity contribution < 1.29 is 38.5 Å². The third-order valence-electron chi connectivity index (χ3n) is 9.44. The quantitative estimate of drug-likeness (QED) is 0.253. The normalized spacial score (nSPS) is 34.7. The molecule has 14 heteroatoms. The first kappa shape index (κ1) is 29.9. The van der Waals surface area contributed by atoms with Crippen LogP contribution < -0.4 is 16.0 Å². The number of piperidine rings is 1. The van der Waals surface area contributed by atoms with Gasteiger partial charge in [-0.3, -0.25) is 24.1 Å². The van der Waals surface area contributed by atoms with Crippen LogP contribution >= 0.6 is 0 Å². The molecule has 0 radical (unpaired) electrons. The van der Waals surface area contributed by atoms with E-state index in [-0.39, 0.29) is 62.1 Å². The number of ether oxygens (including phenoxy) is 1. The number of rotatable bonds is 2. The third-order valence-corrected chi connectivity index (χ3v) is 9.44. The van der Waals surface area contributed by atoms with E-state index < -0.39 is 54.1 Å². The van der Waals surface area contributed by atoms with Gasteiger partial charge in [-0.15, -0.1) is 0 Å². The second-order valence-electron chi connectivity index (χ2n) is 12.1. The number of likely N-dealkylation sites (tertiary alicyclic amines) is 1. The molecule has 0 unspecified atom stereocenters. The summed E-state index contributed by atoms with van der Waals surface area (Å²) >= 11 is 0. The number of carbonyl (C=O) groups excluding carboxylic acids is 4. The molecule has 0 saturated carbocycles. The fraction of sp³-hybridized carbons (Fsp3) is 0.655. The standard InChI is InChI=1S/C29H39FN6O7/c30-17-3-1-16(2-4-17)28(41)35-10-9-34-15-21(35)27(40)32-13-23-26(39)25(38)22(43-23)12-24(37)33-18-11-20(29(34)42)36(14-18)19-5-7-31-8-6-19/h1-4,18-23,25-26,31,38-39H,5-15H2,(H,32,40)(H,33,37)/t18-,20-,21-,22-,23+,25-,26+/m0/s1. The molecular weight excluding hydrogens is 563 g/mol.